The van der Waals surface area contributed by atoms with E-state index in [1.165, 1.54) is 11.4 Å². The monoisotopic (exact) mass is 418 g/mol. The summed E-state index contributed by atoms with van der Waals surface area (Å²) in [5, 5.41) is 2.98. The predicted molar refractivity (Wildman–Crippen MR) is 117 cm³/mol. The summed E-state index contributed by atoms with van der Waals surface area (Å²) in [7, 11) is -2.18. The van der Waals surface area contributed by atoms with Gasteiger partial charge in [0.05, 0.1) is 25.1 Å². The molecule has 2 aromatic carbocycles. The molecule has 2 rings (SSSR count). The molecule has 7 heteroatoms. The van der Waals surface area contributed by atoms with Gasteiger partial charge in [0.25, 0.3) is 0 Å². The van der Waals surface area contributed by atoms with Crippen LogP contribution in [0.2, 0.25) is 0 Å². The molecular formula is C22H30N2O4S. The van der Waals surface area contributed by atoms with Crippen molar-refractivity contribution in [2.24, 2.45) is 0 Å². The van der Waals surface area contributed by atoms with Crippen LogP contribution in [-0.2, 0) is 14.8 Å². The lowest BCUT2D eigenvalue weighted by atomic mass is 10.00. The van der Waals surface area contributed by atoms with E-state index in [0.29, 0.717) is 17.9 Å². The molecule has 0 fully saturated rings. The molecule has 0 unspecified atom stereocenters. The van der Waals surface area contributed by atoms with Crippen molar-refractivity contribution in [3.63, 3.8) is 0 Å². The Hall–Kier alpha value is -2.54. The van der Waals surface area contributed by atoms with Gasteiger partial charge in [0.15, 0.2) is 0 Å². The Balaban J connectivity index is 2.35. The van der Waals surface area contributed by atoms with Crippen LogP contribution < -0.4 is 14.4 Å². The highest BCUT2D eigenvalue weighted by Crippen LogP contribution is 2.27. The number of nitrogens with zero attached hydrogens (tertiary/aromatic N) is 1. The van der Waals surface area contributed by atoms with Crippen LogP contribution in [0.3, 0.4) is 0 Å². The van der Waals surface area contributed by atoms with Crippen LogP contribution in [0.25, 0.3) is 0 Å². The third-order valence-corrected chi connectivity index (χ3v) is 6.07. The Morgan fingerprint density at radius 1 is 1.17 bits per heavy atom. The average molecular weight is 419 g/mol. The number of carbonyl (C=O) groups excluding carboxylic acids is 1. The Kier molecular flexibility index (Phi) is 7.30. The number of nitrogens with one attached hydrogen (secondary N) is 1. The van der Waals surface area contributed by atoms with Gasteiger partial charge in [0.2, 0.25) is 15.9 Å². The Bertz CT molecular complexity index is 973. The third kappa shape index (κ3) is 5.50. The summed E-state index contributed by atoms with van der Waals surface area (Å²) in [5.74, 6) is 0.184. The number of ether oxygens (including phenoxy) is 1. The molecule has 1 amide bonds. The van der Waals surface area contributed by atoms with Crippen molar-refractivity contribution in [2.75, 3.05) is 17.7 Å². The van der Waals surface area contributed by atoms with Crippen LogP contribution in [-0.4, -0.2) is 33.7 Å². The quantitative estimate of drug-likeness (QED) is 0.709. The van der Waals surface area contributed by atoms with Gasteiger partial charge in [-0.3, -0.25) is 9.10 Å². The molecule has 0 heterocycles. The minimum absolute atomic E-state index is 0.246. The molecule has 0 saturated carbocycles. The molecule has 0 aromatic heterocycles. The fourth-order valence-corrected chi connectivity index (χ4v) is 4.71. The van der Waals surface area contributed by atoms with E-state index in [1.807, 2.05) is 32.9 Å². The van der Waals surface area contributed by atoms with Gasteiger partial charge < -0.3 is 10.1 Å². The summed E-state index contributed by atoms with van der Waals surface area (Å²) in [6.45, 7) is 7.72. The van der Waals surface area contributed by atoms with Crippen LogP contribution >= 0.6 is 0 Å². The first-order chi connectivity index (χ1) is 13.6. The van der Waals surface area contributed by atoms with Crippen LogP contribution in [0.4, 0.5) is 5.69 Å². The van der Waals surface area contributed by atoms with Gasteiger partial charge in [-0.25, -0.2) is 8.42 Å². The van der Waals surface area contributed by atoms with E-state index in [4.69, 9.17) is 4.74 Å². The van der Waals surface area contributed by atoms with Gasteiger partial charge in [0.1, 0.15) is 11.8 Å². The first-order valence-electron chi connectivity index (χ1n) is 9.59. The largest absolute Gasteiger partial charge is 0.497 e. The molecule has 2 aromatic rings. The number of aryl methyl sites for hydroxylation is 2. The number of methoxy groups -OCH3 is 1. The van der Waals surface area contributed by atoms with Crippen LogP contribution in [0.15, 0.2) is 42.5 Å². The molecule has 0 aliphatic carbocycles. The molecule has 0 saturated heterocycles. The first kappa shape index (κ1) is 22.7. The highest BCUT2D eigenvalue weighted by Gasteiger charge is 2.32. The van der Waals surface area contributed by atoms with Crippen molar-refractivity contribution in [2.45, 2.75) is 46.2 Å². The van der Waals surface area contributed by atoms with Crippen molar-refractivity contribution in [1.29, 1.82) is 0 Å². The van der Waals surface area contributed by atoms with Crippen molar-refractivity contribution in [1.82, 2.24) is 5.32 Å². The Morgan fingerprint density at radius 3 is 2.41 bits per heavy atom. The van der Waals surface area contributed by atoms with Crippen LogP contribution in [0.1, 0.15) is 43.0 Å². The Morgan fingerprint density at radius 2 is 1.86 bits per heavy atom. The zero-order chi connectivity index (χ0) is 21.8. The van der Waals surface area contributed by atoms with Gasteiger partial charge in [-0.1, -0.05) is 36.8 Å². The SMILES string of the molecule is CC[C@@H](C(=O)N[C@@H](C)c1ccc(C)cc1C)N(c1cccc(OC)c1)S(C)(=O)=O. The lowest BCUT2D eigenvalue weighted by molar-refractivity contribution is -0.122. The van der Waals surface area contributed by atoms with Crippen LogP contribution in [0, 0.1) is 13.8 Å². The second-order valence-corrected chi connectivity index (χ2v) is 9.13. The second kappa shape index (κ2) is 9.31. The number of sulfonamides is 1. The average Bonchev–Trinajstić information content (AvgIpc) is 2.64. The van der Waals surface area contributed by atoms with E-state index in [9.17, 15) is 13.2 Å². The molecule has 29 heavy (non-hydrogen) atoms. The lowest BCUT2D eigenvalue weighted by Crippen LogP contribution is -2.49. The van der Waals surface area contributed by atoms with E-state index < -0.39 is 16.1 Å². The third-order valence-electron chi connectivity index (χ3n) is 4.89. The number of anilines is 1. The first-order valence-corrected chi connectivity index (χ1v) is 11.4. The molecule has 2 atom stereocenters. The number of carbonyl (C=O) groups is 1. The zero-order valence-corrected chi connectivity index (χ0v) is 18.7. The second-order valence-electron chi connectivity index (χ2n) is 7.27. The fraction of sp³-hybridized carbons (Fsp3) is 0.409. The number of benzene rings is 2. The maximum atomic E-state index is 13.1. The number of amides is 1. The fourth-order valence-electron chi connectivity index (χ4n) is 3.51. The van der Waals surface area contributed by atoms with Crippen molar-refractivity contribution < 1.29 is 17.9 Å². The highest BCUT2D eigenvalue weighted by molar-refractivity contribution is 7.92. The maximum Gasteiger partial charge on any atom is 0.244 e. The van der Waals surface area contributed by atoms with Gasteiger partial charge >= 0.3 is 0 Å². The minimum atomic E-state index is -3.70. The molecule has 158 valence electrons. The summed E-state index contributed by atoms with van der Waals surface area (Å²) in [6, 6.07) is 11.7. The topological polar surface area (TPSA) is 75.7 Å². The van der Waals surface area contributed by atoms with Crippen LogP contribution in [0.5, 0.6) is 5.75 Å². The number of hydrogen-bond donors (Lipinski definition) is 1. The minimum Gasteiger partial charge on any atom is -0.497 e. The van der Waals surface area contributed by atoms with E-state index >= 15 is 0 Å². The van der Waals surface area contributed by atoms with Crippen molar-refractivity contribution in [3.8, 4) is 5.75 Å². The standard InChI is InChI=1S/C22H30N2O4S/c1-7-21(22(25)23-17(4)20-12-11-15(2)13-16(20)3)24(29(6,26)27)18-9-8-10-19(14-18)28-5/h8-14,17,21H,7H2,1-6H3,(H,23,25)/t17-,21-/m0/s1. The summed E-state index contributed by atoms with van der Waals surface area (Å²) >= 11 is 0. The highest BCUT2D eigenvalue weighted by atomic mass is 32.2. The van der Waals surface area contributed by atoms with E-state index in [0.717, 1.165) is 22.9 Å². The van der Waals surface area contributed by atoms with Crippen molar-refractivity contribution >= 4 is 21.6 Å². The lowest BCUT2D eigenvalue weighted by Gasteiger charge is -2.31. The van der Waals surface area contributed by atoms with Gasteiger partial charge in [-0.2, -0.15) is 0 Å². The molecule has 0 bridgehead atoms. The smallest absolute Gasteiger partial charge is 0.244 e. The van der Waals surface area contributed by atoms with E-state index in [-0.39, 0.29) is 11.9 Å². The summed E-state index contributed by atoms with van der Waals surface area (Å²) < 4.78 is 31.6. The van der Waals surface area contributed by atoms with Crippen molar-refractivity contribution in [3.05, 3.63) is 59.2 Å². The van der Waals surface area contributed by atoms with Gasteiger partial charge in [0, 0.05) is 6.07 Å². The molecule has 1 N–H and O–H groups in total. The zero-order valence-electron chi connectivity index (χ0n) is 17.9. The summed E-state index contributed by atoms with van der Waals surface area (Å²) in [6.07, 6.45) is 1.44. The molecule has 0 aliphatic rings. The molecule has 0 radical (unpaired) electrons. The molecule has 0 aliphatic heterocycles. The molecular weight excluding hydrogens is 388 g/mol. The summed E-state index contributed by atoms with van der Waals surface area (Å²) in [5.41, 5.74) is 3.63. The number of rotatable bonds is 8. The normalized spacial score (nSPS) is 13.4. The maximum absolute atomic E-state index is 13.1. The summed E-state index contributed by atoms with van der Waals surface area (Å²) in [4.78, 5) is 13.1. The predicted octanol–water partition coefficient (Wildman–Crippen LogP) is 3.73. The Labute approximate surface area is 173 Å². The van der Waals surface area contributed by atoms with E-state index in [1.54, 1.807) is 31.2 Å². The van der Waals surface area contributed by atoms with Gasteiger partial charge in [-0.05, 0) is 50.5 Å². The molecule has 0 spiro atoms. The van der Waals surface area contributed by atoms with E-state index in [2.05, 4.69) is 11.4 Å². The van der Waals surface area contributed by atoms with Gasteiger partial charge in [-0.15, -0.1) is 0 Å². The molecule has 6 nitrogen and oxygen atoms in total. The number of hydrogen-bond acceptors (Lipinski definition) is 4.